The minimum Gasteiger partial charge on any atom is -0.480 e. The van der Waals surface area contributed by atoms with Crippen LogP contribution in [0.5, 0.6) is 11.5 Å². The Hall–Kier alpha value is -8.48. The second-order valence-corrected chi connectivity index (χ2v) is 21.2. The zero-order valence-corrected chi connectivity index (χ0v) is 49.3. The van der Waals surface area contributed by atoms with Crippen molar-refractivity contribution in [3.8, 4) is 11.5 Å². The van der Waals surface area contributed by atoms with E-state index in [-0.39, 0.29) is 19.8 Å². The number of carboxylic acids is 4. The van der Waals surface area contributed by atoms with Gasteiger partial charge in [-0.3, -0.25) is 9.59 Å². The summed E-state index contributed by atoms with van der Waals surface area (Å²) in [5.41, 5.74) is 4.83. The molecule has 0 saturated heterocycles. The molecule has 0 aliphatic heterocycles. The van der Waals surface area contributed by atoms with Crippen LogP contribution < -0.4 is 15.4 Å². The summed E-state index contributed by atoms with van der Waals surface area (Å²) < 4.78 is 27.4. The quantitative estimate of drug-likeness (QED) is 0.0195. The molecule has 6 N–H and O–H groups in total. The number of ether oxygens (including phenoxy) is 5. The number of hydrogen-bond donors (Lipinski definition) is 6. The molecule has 0 aliphatic rings. The number of amides is 2. The van der Waals surface area contributed by atoms with Gasteiger partial charge >= 0.3 is 23.9 Å². The Bertz CT molecular complexity index is 3210. The maximum Gasteiger partial charge on any atom is 0.336 e. The van der Waals surface area contributed by atoms with Gasteiger partial charge in [0.2, 0.25) is 0 Å². The Morgan fingerprint density at radius 3 is 1.23 bits per heavy atom. The average Bonchev–Trinajstić information content (AvgIpc) is 3.69. The molecule has 0 aliphatic carbocycles. The first kappa shape index (κ1) is 67.6. The van der Waals surface area contributed by atoms with Crippen LogP contribution in [0.25, 0.3) is 21.5 Å². The van der Waals surface area contributed by atoms with Gasteiger partial charge in [0.25, 0.3) is 11.8 Å². The summed E-state index contributed by atoms with van der Waals surface area (Å²) >= 11 is 0. The first-order chi connectivity index (χ1) is 42.3. The van der Waals surface area contributed by atoms with E-state index in [9.17, 15) is 39.0 Å². The molecule has 462 valence electrons. The fourth-order valence-corrected chi connectivity index (χ4v) is 9.86. The second kappa shape index (κ2) is 38.5. The van der Waals surface area contributed by atoms with Gasteiger partial charge in [-0.1, -0.05) is 178 Å². The van der Waals surface area contributed by atoms with E-state index in [1.807, 2.05) is 97.1 Å². The monoisotopic (exact) mass is 1190 g/mol. The van der Waals surface area contributed by atoms with Crippen LogP contribution in [-0.4, -0.2) is 120 Å². The second-order valence-electron chi connectivity index (χ2n) is 21.2. The van der Waals surface area contributed by atoms with Crippen molar-refractivity contribution in [2.45, 2.75) is 127 Å². The molecule has 7 aromatic carbocycles. The van der Waals surface area contributed by atoms with E-state index >= 15 is 0 Å². The SMILES string of the molecule is O=C(O)COC(C(=O)O)C(OCCCCCc1ccc2ccccc2c1)C(=O)NCCCCCCCc1ccccc1.O=C(O)COC(C(=O)O)C(OCCCCCc1ccc2ccccc2c1)C(=O)NCCCc1cccc(Oc2ccccc2)c1. The molecule has 17 heteroatoms. The normalized spacial score (nSPS) is 12.5. The number of carbonyl (C=O) groups excluding carboxylic acids is 2. The van der Waals surface area contributed by atoms with Crippen molar-refractivity contribution in [2.24, 2.45) is 0 Å². The molecule has 87 heavy (non-hydrogen) atoms. The number of aryl methyl sites for hydroxylation is 4. The van der Waals surface area contributed by atoms with E-state index in [1.165, 1.54) is 38.2 Å². The van der Waals surface area contributed by atoms with Gasteiger partial charge in [0, 0.05) is 26.3 Å². The van der Waals surface area contributed by atoms with E-state index < -0.39 is 73.3 Å². The number of aliphatic carboxylic acids is 4. The Morgan fingerprint density at radius 1 is 0.333 bits per heavy atom. The maximum atomic E-state index is 13.1. The Labute approximate surface area is 509 Å². The maximum absolute atomic E-state index is 13.1. The van der Waals surface area contributed by atoms with Crippen molar-refractivity contribution in [1.29, 1.82) is 0 Å². The number of fused-ring (bicyclic) bond motifs is 2. The van der Waals surface area contributed by atoms with Gasteiger partial charge in [0.1, 0.15) is 24.7 Å². The molecule has 0 radical (unpaired) electrons. The number of nitrogens with one attached hydrogen (secondary N) is 2. The van der Waals surface area contributed by atoms with Crippen LogP contribution in [0.15, 0.2) is 170 Å². The highest BCUT2D eigenvalue weighted by molar-refractivity contribution is 5.89. The number of para-hydroxylation sites is 1. The molecule has 0 spiro atoms. The third-order valence-electron chi connectivity index (χ3n) is 14.4. The molecule has 4 unspecified atom stereocenters. The summed E-state index contributed by atoms with van der Waals surface area (Å²) in [6.45, 7) is -0.758. The lowest BCUT2D eigenvalue weighted by molar-refractivity contribution is -0.173. The van der Waals surface area contributed by atoms with Gasteiger partial charge in [0.15, 0.2) is 24.4 Å². The third-order valence-corrected chi connectivity index (χ3v) is 14.4. The lowest BCUT2D eigenvalue weighted by Gasteiger charge is -2.23. The number of rotatable bonds is 40. The zero-order chi connectivity index (χ0) is 61.9. The highest BCUT2D eigenvalue weighted by Gasteiger charge is 2.37. The summed E-state index contributed by atoms with van der Waals surface area (Å²) in [7, 11) is 0. The van der Waals surface area contributed by atoms with Crippen LogP contribution in [0.1, 0.15) is 99.3 Å². The van der Waals surface area contributed by atoms with Crippen molar-refractivity contribution < 1.29 is 72.9 Å². The van der Waals surface area contributed by atoms with E-state index in [2.05, 4.69) is 83.4 Å². The van der Waals surface area contributed by atoms with E-state index in [0.29, 0.717) is 38.0 Å². The van der Waals surface area contributed by atoms with Crippen LogP contribution >= 0.6 is 0 Å². The molecule has 7 aromatic rings. The first-order valence-electron chi connectivity index (χ1n) is 30.0. The molecular formula is C70H82N2O15. The Kier molecular flexibility index (Phi) is 30.0. The fourth-order valence-electron chi connectivity index (χ4n) is 9.86. The number of hydrogen-bond acceptors (Lipinski definition) is 11. The average molecular weight is 1190 g/mol. The van der Waals surface area contributed by atoms with Gasteiger partial charge in [0.05, 0.1) is 0 Å². The van der Waals surface area contributed by atoms with Crippen LogP contribution in [-0.2, 0) is 73.4 Å². The number of benzene rings is 7. The van der Waals surface area contributed by atoms with Gasteiger partial charge in [-0.25, -0.2) is 19.2 Å². The van der Waals surface area contributed by atoms with Crippen LogP contribution in [0.3, 0.4) is 0 Å². The summed E-state index contributed by atoms with van der Waals surface area (Å²) in [4.78, 5) is 71.8. The summed E-state index contributed by atoms with van der Waals surface area (Å²) in [6, 6.07) is 56.7. The van der Waals surface area contributed by atoms with E-state index in [4.69, 9.17) is 33.9 Å². The summed E-state index contributed by atoms with van der Waals surface area (Å²) in [6.07, 6.45) is 7.29. The standard InChI is InChI=1S/C36H39NO8.C34H43NO7/c38-32(39)25-44-34(36(41)42)33(43-22-8-2-3-11-27-19-20-28-14-6-7-15-29(28)23-27)35(40)37-21-10-13-26-12-9-18-31(24-26)45-30-16-4-1-5-17-30;36-30(37)25-42-32(34(39)40)31(33(38)35-22-12-3-1-2-6-14-26-15-7-4-8-16-26)41-23-13-5-9-17-27-20-21-28-18-10-11-19-29(28)24-27/h1,4-7,9,12,14-20,23-24,33-34H,2-3,8,10-11,13,21-22,25H2,(H,37,40)(H,38,39)(H,41,42);4,7-8,10-11,15-16,18-21,24,31-32H,1-3,5-6,9,12-14,17,22-23,25H2,(H,35,38)(H,36,37)(H,39,40). The van der Waals surface area contributed by atoms with Gasteiger partial charge in [-0.2, -0.15) is 0 Å². The smallest absolute Gasteiger partial charge is 0.336 e. The third kappa shape index (κ3) is 25.6. The van der Waals surface area contributed by atoms with Crippen molar-refractivity contribution >= 4 is 57.2 Å². The van der Waals surface area contributed by atoms with Crippen LogP contribution in [0.4, 0.5) is 0 Å². The zero-order valence-electron chi connectivity index (χ0n) is 49.3. The van der Waals surface area contributed by atoms with Crippen LogP contribution in [0.2, 0.25) is 0 Å². The highest BCUT2D eigenvalue weighted by Crippen LogP contribution is 2.24. The number of carboxylic acid groups (broad SMARTS) is 4. The van der Waals surface area contributed by atoms with Crippen LogP contribution in [0, 0.1) is 0 Å². The van der Waals surface area contributed by atoms with Crippen molar-refractivity contribution in [3.63, 3.8) is 0 Å². The molecule has 0 aromatic heterocycles. The largest absolute Gasteiger partial charge is 0.480 e. The van der Waals surface area contributed by atoms with Gasteiger partial charge < -0.3 is 54.7 Å². The topological polar surface area (TPSA) is 254 Å². The predicted molar refractivity (Wildman–Crippen MR) is 333 cm³/mol. The Balaban J connectivity index is 0.000000279. The molecule has 4 atom stereocenters. The van der Waals surface area contributed by atoms with Gasteiger partial charge in [-0.05, 0) is 139 Å². The van der Waals surface area contributed by atoms with Crippen molar-refractivity contribution in [1.82, 2.24) is 10.6 Å². The molecule has 0 saturated carbocycles. The van der Waals surface area contributed by atoms with E-state index in [1.54, 1.807) is 0 Å². The molecule has 0 heterocycles. The van der Waals surface area contributed by atoms with Gasteiger partial charge in [-0.15, -0.1) is 0 Å². The van der Waals surface area contributed by atoms with Crippen molar-refractivity contribution in [3.05, 3.63) is 192 Å². The minimum absolute atomic E-state index is 0.129. The van der Waals surface area contributed by atoms with Crippen molar-refractivity contribution in [2.75, 3.05) is 39.5 Å². The minimum atomic E-state index is -1.76. The predicted octanol–water partition coefficient (Wildman–Crippen LogP) is 11.8. The molecule has 7 rings (SSSR count). The van der Waals surface area contributed by atoms with E-state index in [0.717, 1.165) is 88.4 Å². The Morgan fingerprint density at radius 2 is 0.724 bits per heavy atom. The molecule has 0 bridgehead atoms. The number of unbranched alkanes of at least 4 members (excludes halogenated alkanes) is 8. The molecular weight excluding hydrogens is 1110 g/mol. The summed E-state index contributed by atoms with van der Waals surface area (Å²) in [5, 5.41) is 47.6. The highest BCUT2D eigenvalue weighted by atomic mass is 16.6. The fraction of sp³-hybridized carbons (Fsp3) is 0.371. The molecule has 2 amide bonds. The lowest BCUT2D eigenvalue weighted by atomic mass is 10.0. The summed E-state index contributed by atoms with van der Waals surface area (Å²) in [5.74, 6) is -5.40. The first-order valence-corrected chi connectivity index (χ1v) is 30.0. The number of carbonyl (C=O) groups is 6. The lowest BCUT2D eigenvalue weighted by Crippen LogP contribution is -2.49. The molecule has 0 fully saturated rings. The molecule has 17 nitrogen and oxygen atoms in total.